The van der Waals surface area contributed by atoms with Crippen LogP contribution in [-0.4, -0.2) is 34.4 Å². The van der Waals surface area contributed by atoms with Gasteiger partial charge in [0.2, 0.25) is 5.91 Å². The van der Waals surface area contributed by atoms with Gasteiger partial charge in [0.05, 0.1) is 18.9 Å². The number of rotatable bonds is 11. The molecular formula is C26H32N4O4S. The van der Waals surface area contributed by atoms with E-state index in [4.69, 9.17) is 10.5 Å². The van der Waals surface area contributed by atoms with E-state index in [0.29, 0.717) is 25.5 Å². The average Bonchev–Trinajstić information content (AvgIpc) is 2.83. The fourth-order valence-corrected chi connectivity index (χ4v) is 4.31. The summed E-state index contributed by atoms with van der Waals surface area (Å²) < 4.78 is 6.76. The lowest BCUT2D eigenvalue weighted by Crippen LogP contribution is -2.42. The number of anilines is 2. The summed E-state index contributed by atoms with van der Waals surface area (Å²) >= 11 is 1.37. The SMILES string of the molecule is CCOc1ccc(SCC(=O)N(CCC(C)C)c2c(N)n(Cc3ccccc3)c(=O)[nH]c2=O)cc1. The van der Waals surface area contributed by atoms with E-state index in [9.17, 15) is 14.4 Å². The Bertz CT molecular complexity index is 1240. The number of nitrogens with zero attached hydrogens (tertiary/aromatic N) is 2. The fraction of sp³-hybridized carbons (Fsp3) is 0.346. The van der Waals surface area contributed by atoms with E-state index in [1.165, 1.54) is 21.2 Å². The molecule has 0 unspecified atom stereocenters. The Kier molecular flexibility index (Phi) is 9.19. The van der Waals surface area contributed by atoms with Crippen LogP contribution in [0.1, 0.15) is 32.8 Å². The monoisotopic (exact) mass is 496 g/mol. The third kappa shape index (κ3) is 7.02. The molecule has 0 fully saturated rings. The number of carbonyl (C=O) groups is 1. The van der Waals surface area contributed by atoms with Crippen molar-refractivity contribution >= 4 is 29.2 Å². The van der Waals surface area contributed by atoms with Crippen LogP contribution in [0, 0.1) is 5.92 Å². The van der Waals surface area contributed by atoms with E-state index in [-0.39, 0.29) is 29.7 Å². The summed E-state index contributed by atoms with van der Waals surface area (Å²) in [5.41, 5.74) is 5.95. The van der Waals surface area contributed by atoms with Crippen molar-refractivity contribution in [1.82, 2.24) is 9.55 Å². The maximum Gasteiger partial charge on any atom is 0.330 e. The number of amides is 1. The molecule has 0 aliphatic rings. The number of nitrogen functional groups attached to an aromatic ring is 1. The van der Waals surface area contributed by atoms with Gasteiger partial charge in [0.25, 0.3) is 5.56 Å². The zero-order valence-electron chi connectivity index (χ0n) is 20.3. The highest BCUT2D eigenvalue weighted by Gasteiger charge is 2.24. The van der Waals surface area contributed by atoms with Crippen LogP contribution in [0.4, 0.5) is 11.5 Å². The highest BCUT2D eigenvalue weighted by Crippen LogP contribution is 2.24. The third-order valence-corrected chi connectivity index (χ3v) is 6.39. The molecule has 0 spiro atoms. The van der Waals surface area contributed by atoms with Crippen LogP contribution < -0.4 is 26.6 Å². The molecule has 186 valence electrons. The van der Waals surface area contributed by atoms with E-state index in [0.717, 1.165) is 16.2 Å². The first kappa shape index (κ1) is 26.2. The number of hydrogen-bond donors (Lipinski definition) is 2. The lowest BCUT2D eigenvalue weighted by Gasteiger charge is -2.25. The van der Waals surface area contributed by atoms with E-state index in [1.54, 1.807) is 0 Å². The van der Waals surface area contributed by atoms with E-state index < -0.39 is 11.2 Å². The molecule has 0 aliphatic heterocycles. The number of ether oxygens (including phenoxy) is 1. The second-order valence-corrected chi connectivity index (χ2v) is 9.53. The summed E-state index contributed by atoms with van der Waals surface area (Å²) in [6, 6.07) is 16.8. The van der Waals surface area contributed by atoms with Crippen molar-refractivity contribution in [3.8, 4) is 5.75 Å². The number of nitrogens with one attached hydrogen (secondary N) is 1. The zero-order chi connectivity index (χ0) is 25.4. The second-order valence-electron chi connectivity index (χ2n) is 8.49. The van der Waals surface area contributed by atoms with Gasteiger partial charge in [0.1, 0.15) is 11.6 Å². The molecule has 1 amide bonds. The van der Waals surface area contributed by atoms with Crippen LogP contribution in [0.2, 0.25) is 0 Å². The summed E-state index contributed by atoms with van der Waals surface area (Å²) in [6.45, 7) is 7.09. The van der Waals surface area contributed by atoms with Gasteiger partial charge in [-0.25, -0.2) is 4.79 Å². The summed E-state index contributed by atoms with van der Waals surface area (Å²) in [5, 5.41) is 0. The molecule has 3 aromatic rings. The number of aromatic amines is 1. The first-order chi connectivity index (χ1) is 16.8. The Morgan fingerprint density at radius 1 is 1.11 bits per heavy atom. The normalized spacial score (nSPS) is 11.0. The highest BCUT2D eigenvalue weighted by molar-refractivity contribution is 8.00. The van der Waals surface area contributed by atoms with Gasteiger partial charge in [-0.2, -0.15) is 0 Å². The number of aromatic nitrogens is 2. The lowest BCUT2D eigenvalue weighted by molar-refractivity contribution is -0.116. The molecule has 0 saturated heterocycles. The summed E-state index contributed by atoms with van der Waals surface area (Å²) in [7, 11) is 0. The summed E-state index contributed by atoms with van der Waals surface area (Å²) in [6.07, 6.45) is 0.677. The molecule has 35 heavy (non-hydrogen) atoms. The van der Waals surface area contributed by atoms with Crippen LogP contribution in [0.5, 0.6) is 5.75 Å². The van der Waals surface area contributed by atoms with Gasteiger partial charge < -0.3 is 15.4 Å². The molecular weight excluding hydrogens is 464 g/mol. The largest absolute Gasteiger partial charge is 0.494 e. The molecule has 3 N–H and O–H groups in total. The minimum absolute atomic E-state index is 0.0125. The smallest absolute Gasteiger partial charge is 0.330 e. The molecule has 2 aromatic carbocycles. The van der Waals surface area contributed by atoms with Crippen LogP contribution >= 0.6 is 11.8 Å². The second kappa shape index (κ2) is 12.3. The number of H-pyrrole nitrogens is 1. The van der Waals surface area contributed by atoms with Gasteiger partial charge in [-0.1, -0.05) is 44.2 Å². The standard InChI is InChI=1S/C26H32N4O4S/c1-4-34-20-10-12-21(13-11-20)35-17-22(31)29(15-14-18(2)3)23-24(27)30(26(33)28-25(23)32)16-19-8-6-5-7-9-19/h5-13,18H,4,14-17,27H2,1-3H3,(H,28,32,33). The minimum atomic E-state index is -0.667. The average molecular weight is 497 g/mol. The molecule has 0 bridgehead atoms. The molecule has 0 aliphatic carbocycles. The number of benzene rings is 2. The number of carbonyl (C=O) groups excluding carboxylic acids is 1. The number of nitrogens with two attached hydrogens (primary N) is 1. The Hall–Kier alpha value is -3.46. The van der Waals surface area contributed by atoms with Crippen molar-refractivity contribution in [2.24, 2.45) is 5.92 Å². The predicted molar refractivity (Wildman–Crippen MR) is 141 cm³/mol. The topological polar surface area (TPSA) is 110 Å². The Morgan fingerprint density at radius 3 is 2.43 bits per heavy atom. The van der Waals surface area contributed by atoms with Crippen molar-refractivity contribution < 1.29 is 9.53 Å². The molecule has 9 heteroatoms. The Labute approximate surface area is 209 Å². The van der Waals surface area contributed by atoms with Crippen molar-refractivity contribution in [1.29, 1.82) is 0 Å². The van der Waals surface area contributed by atoms with E-state index in [2.05, 4.69) is 4.98 Å². The molecule has 8 nitrogen and oxygen atoms in total. The maximum absolute atomic E-state index is 13.3. The first-order valence-electron chi connectivity index (χ1n) is 11.6. The highest BCUT2D eigenvalue weighted by atomic mass is 32.2. The molecule has 0 radical (unpaired) electrons. The lowest BCUT2D eigenvalue weighted by atomic mass is 10.1. The van der Waals surface area contributed by atoms with Gasteiger partial charge in [0.15, 0.2) is 5.69 Å². The number of hydrogen-bond acceptors (Lipinski definition) is 6. The van der Waals surface area contributed by atoms with Gasteiger partial charge in [-0.05, 0) is 49.1 Å². The molecule has 3 rings (SSSR count). The molecule has 1 heterocycles. The Morgan fingerprint density at radius 2 is 1.80 bits per heavy atom. The van der Waals surface area contributed by atoms with Gasteiger partial charge >= 0.3 is 5.69 Å². The van der Waals surface area contributed by atoms with E-state index >= 15 is 0 Å². The zero-order valence-corrected chi connectivity index (χ0v) is 21.1. The van der Waals surface area contributed by atoms with Crippen LogP contribution in [0.15, 0.2) is 69.1 Å². The fourth-order valence-electron chi connectivity index (χ4n) is 3.53. The van der Waals surface area contributed by atoms with Crippen molar-refractivity contribution in [3.63, 3.8) is 0 Å². The summed E-state index contributed by atoms with van der Waals surface area (Å²) in [5.74, 6) is 0.904. The van der Waals surface area contributed by atoms with Crippen LogP contribution in [0.3, 0.4) is 0 Å². The van der Waals surface area contributed by atoms with Crippen molar-refractivity contribution in [2.75, 3.05) is 29.5 Å². The van der Waals surface area contributed by atoms with Gasteiger partial charge in [0, 0.05) is 11.4 Å². The molecule has 0 atom stereocenters. The van der Waals surface area contributed by atoms with Crippen molar-refractivity contribution in [2.45, 2.75) is 38.6 Å². The van der Waals surface area contributed by atoms with E-state index in [1.807, 2.05) is 75.4 Å². The minimum Gasteiger partial charge on any atom is -0.494 e. The summed E-state index contributed by atoms with van der Waals surface area (Å²) in [4.78, 5) is 43.4. The molecule has 0 saturated carbocycles. The van der Waals surface area contributed by atoms with Gasteiger partial charge in [-0.3, -0.25) is 19.1 Å². The van der Waals surface area contributed by atoms with Crippen molar-refractivity contribution in [3.05, 3.63) is 81.0 Å². The van der Waals surface area contributed by atoms with Crippen LogP contribution in [0.25, 0.3) is 0 Å². The predicted octanol–water partition coefficient (Wildman–Crippen LogP) is 3.74. The quantitative estimate of drug-likeness (QED) is 0.391. The first-order valence-corrected chi connectivity index (χ1v) is 12.6. The van der Waals surface area contributed by atoms with Gasteiger partial charge in [-0.15, -0.1) is 11.8 Å². The number of thioether (sulfide) groups is 1. The maximum atomic E-state index is 13.3. The Balaban J connectivity index is 1.89. The van der Waals surface area contributed by atoms with Crippen LogP contribution in [-0.2, 0) is 11.3 Å². The molecule has 1 aromatic heterocycles. The third-order valence-electron chi connectivity index (χ3n) is 5.40.